The molecule has 1 N–H and O–H groups in total. The molecule has 0 aliphatic rings. The van der Waals surface area contributed by atoms with Crippen LogP contribution in [0, 0.1) is 0 Å². The second-order valence-electron chi connectivity index (χ2n) is 3.58. The first-order chi connectivity index (χ1) is 6.77. The van der Waals surface area contributed by atoms with Gasteiger partial charge in [-0.2, -0.15) is 0 Å². The van der Waals surface area contributed by atoms with E-state index in [4.69, 9.17) is 5.11 Å². The fourth-order valence-electron chi connectivity index (χ4n) is 1.35. The largest absolute Gasteiger partial charge is 0.481 e. The van der Waals surface area contributed by atoms with E-state index in [1.165, 1.54) is 25.7 Å². The van der Waals surface area contributed by atoms with Crippen molar-refractivity contribution in [3.63, 3.8) is 0 Å². The molecular formula is C12H22O2. The summed E-state index contributed by atoms with van der Waals surface area (Å²) in [6, 6.07) is 0. The number of carboxylic acids is 1. The zero-order valence-electron chi connectivity index (χ0n) is 9.17. The Morgan fingerprint density at radius 2 is 1.71 bits per heavy atom. The Hall–Kier alpha value is -0.790. The van der Waals surface area contributed by atoms with Crippen molar-refractivity contribution in [2.24, 2.45) is 0 Å². The van der Waals surface area contributed by atoms with Gasteiger partial charge in [0.25, 0.3) is 0 Å². The molecule has 0 aromatic heterocycles. The summed E-state index contributed by atoms with van der Waals surface area (Å²) in [6.45, 7) is 2.14. The minimum absolute atomic E-state index is 0.329. The summed E-state index contributed by atoms with van der Waals surface area (Å²) >= 11 is 0. The van der Waals surface area contributed by atoms with Crippen molar-refractivity contribution < 1.29 is 9.90 Å². The summed E-state index contributed by atoms with van der Waals surface area (Å²) in [5.41, 5.74) is 0. The van der Waals surface area contributed by atoms with Crippen LogP contribution in [-0.2, 0) is 4.79 Å². The van der Waals surface area contributed by atoms with Crippen LogP contribution in [0.15, 0.2) is 12.2 Å². The fraction of sp³-hybridized carbons (Fsp3) is 0.750. The average Bonchev–Trinajstić information content (AvgIpc) is 2.15. The molecule has 0 saturated heterocycles. The highest BCUT2D eigenvalue weighted by Gasteiger charge is 1.95. The van der Waals surface area contributed by atoms with E-state index in [-0.39, 0.29) is 0 Å². The van der Waals surface area contributed by atoms with Crippen LogP contribution in [0.2, 0.25) is 0 Å². The second kappa shape index (κ2) is 10.3. The molecule has 0 aliphatic heterocycles. The lowest BCUT2D eigenvalue weighted by molar-refractivity contribution is -0.137. The molecule has 0 bridgehead atoms. The summed E-state index contributed by atoms with van der Waals surface area (Å²) in [5.74, 6) is -0.670. The van der Waals surface area contributed by atoms with Crippen molar-refractivity contribution in [1.82, 2.24) is 0 Å². The van der Waals surface area contributed by atoms with Gasteiger partial charge in [0.05, 0.1) is 0 Å². The highest BCUT2D eigenvalue weighted by Crippen LogP contribution is 2.07. The maximum atomic E-state index is 10.2. The molecule has 0 rings (SSSR count). The Labute approximate surface area is 87.0 Å². The van der Waals surface area contributed by atoms with Gasteiger partial charge >= 0.3 is 5.97 Å². The van der Waals surface area contributed by atoms with Crippen molar-refractivity contribution in [2.45, 2.75) is 58.3 Å². The Morgan fingerprint density at radius 1 is 1.07 bits per heavy atom. The van der Waals surface area contributed by atoms with E-state index in [1.807, 2.05) is 0 Å². The molecule has 0 aromatic rings. The zero-order chi connectivity index (χ0) is 10.6. The van der Waals surface area contributed by atoms with Crippen molar-refractivity contribution in [1.29, 1.82) is 0 Å². The Kier molecular flexibility index (Phi) is 9.71. The monoisotopic (exact) mass is 198 g/mol. The van der Waals surface area contributed by atoms with Gasteiger partial charge in [-0.05, 0) is 25.7 Å². The van der Waals surface area contributed by atoms with E-state index in [0.29, 0.717) is 6.42 Å². The third kappa shape index (κ3) is 11.2. The Morgan fingerprint density at radius 3 is 2.36 bits per heavy atom. The molecule has 0 aliphatic carbocycles. The van der Waals surface area contributed by atoms with E-state index < -0.39 is 5.97 Å². The summed E-state index contributed by atoms with van der Waals surface area (Å²) in [4.78, 5) is 10.2. The lowest BCUT2D eigenvalue weighted by Crippen LogP contribution is -1.93. The SMILES string of the molecule is CC/C=C/CCCCCCCC(=O)O. The molecule has 0 atom stereocenters. The molecule has 0 heterocycles. The normalized spacial score (nSPS) is 10.9. The Bertz CT molecular complexity index is 162. The lowest BCUT2D eigenvalue weighted by atomic mass is 10.1. The predicted octanol–water partition coefficient (Wildman–Crippen LogP) is 3.77. The van der Waals surface area contributed by atoms with Gasteiger partial charge in [-0.1, -0.05) is 38.3 Å². The van der Waals surface area contributed by atoms with E-state index in [1.54, 1.807) is 0 Å². The minimum Gasteiger partial charge on any atom is -0.481 e. The van der Waals surface area contributed by atoms with Crippen LogP contribution in [0.1, 0.15) is 58.3 Å². The third-order valence-corrected chi connectivity index (χ3v) is 2.16. The summed E-state index contributed by atoms with van der Waals surface area (Å²) < 4.78 is 0. The van der Waals surface area contributed by atoms with E-state index in [0.717, 1.165) is 19.3 Å². The summed E-state index contributed by atoms with van der Waals surface area (Å²) in [7, 11) is 0. The molecule has 82 valence electrons. The van der Waals surface area contributed by atoms with Crippen LogP contribution in [0.3, 0.4) is 0 Å². The Balaban J connectivity index is 2.99. The van der Waals surface area contributed by atoms with Gasteiger partial charge in [-0.25, -0.2) is 0 Å². The maximum absolute atomic E-state index is 10.2. The molecule has 0 amide bonds. The van der Waals surface area contributed by atoms with Crippen LogP contribution in [0.25, 0.3) is 0 Å². The molecule has 0 unspecified atom stereocenters. The summed E-state index contributed by atoms with van der Waals surface area (Å²) in [6.07, 6.45) is 12.6. The number of allylic oxidation sites excluding steroid dienone is 2. The standard InChI is InChI=1S/C12H22O2/c1-2-3-4-5-6-7-8-9-10-11-12(13)14/h3-4H,2,5-11H2,1H3,(H,13,14)/b4-3+. The molecule has 2 heteroatoms. The van der Waals surface area contributed by atoms with E-state index >= 15 is 0 Å². The van der Waals surface area contributed by atoms with Crippen molar-refractivity contribution >= 4 is 5.97 Å². The predicted molar refractivity (Wildman–Crippen MR) is 59.4 cm³/mol. The van der Waals surface area contributed by atoms with Crippen LogP contribution in [0.5, 0.6) is 0 Å². The van der Waals surface area contributed by atoms with Crippen molar-refractivity contribution in [2.75, 3.05) is 0 Å². The zero-order valence-corrected chi connectivity index (χ0v) is 9.17. The fourth-order valence-corrected chi connectivity index (χ4v) is 1.35. The minimum atomic E-state index is -0.670. The highest BCUT2D eigenvalue weighted by atomic mass is 16.4. The second-order valence-corrected chi connectivity index (χ2v) is 3.58. The lowest BCUT2D eigenvalue weighted by Gasteiger charge is -1.97. The first-order valence-electron chi connectivity index (χ1n) is 5.64. The molecular weight excluding hydrogens is 176 g/mol. The third-order valence-electron chi connectivity index (χ3n) is 2.16. The number of aliphatic carboxylic acids is 1. The van der Waals surface area contributed by atoms with Crippen LogP contribution < -0.4 is 0 Å². The molecule has 0 saturated carbocycles. The van der Waals surface area contributed by atoms with Gasteiger partial charge in [0.2, 0.25) is 0 Å². The molecule has 0 spiro atoms. The number of unbranched alkanes of at least 4 members (excludes halogenated alkanes) is 5. The van der Waals surface area contributed by atoms with Gasteiger partial charge < -0.3 is 5.11 Å². The number of hydrogen-bond acceptors (Lipinski definition) is 1. The quantitative estimate of drug-likeness (QED) is 0.452. The van der Waals surface area contributed by atoms with Crippen molar-refractivity contribution in [3.8, 4) is 0 Å². The number of carboxylic acid groups (broad SMARTS) is 1. The molecule has 0 radical (unpaired) electrons. The molecule has 0 fully saturated rings. The first-order valence-corrected chi connectivity index (χ1v) is 5.64. The van der Waals surface area contributed by atoms with Gasteiger partial charge in [-0.3, -0.25) is 4.79 Å². The molecule has 2 nitrogen and oxygen atoms in total. The van der Waals surface area contributed by atoms with E-state index in [2.05, 4.69) is 19.1 Å². The number of rotatable bonds is 9. The molecule has 0 aromatic carbocycles. The van der Waals surface area contributed by atoms with Crippen molar-refractivity contribution in [3.05, 3.63) is 12.2 Å². The first kappa shape index (κ1) is 13.2. The maximum Gasteiger partial charge on any atom is 0.303 e. The molecule has 14 heavy (non-hydrogen) atoms. The number of carbonyl (C=O) groups is 1. The smallest absolute Gasteiger partial charge is 0.303 e. The van der Waals surface area contributed by atoms with Gasteiger partial charge in [0.1, 0.15) is 0 Å². The van der Waals surface area contributed by atoms with Crippen LogP contribution >= 0.6 is 0 Å². The van der Waals surface area contributed by atoms with Gasteiger partial charge in [-0.15, -0.1) is 0 Å². The number of hydrogen-bond donors (Lipinski definition) is 1. The van der Waals surface area contributed by atoms with Gasteiger partial charge in [0, 0.05) is 6.42 Å². The van der Waals surface area contributed by atoms with Crippen LogP contribution in [-0.4, -0.2) is 11.1 Å². The van der Waals surface area contributed by atoms with E-state index in [9.17, 15) is 4.79 Å². The van der Waals surface area contributed by atoms with Crippen LogP contribution in [0.4, 0.5) is 0 Å². The highest BCUT2D eigenvalue weighted by molar-refractivity contribution is 5.66. The van der Waals surface area contributed by atoms with Gasteiger partial charge in [0.15, 0.2) is 0 Å². The average molecular weight is 198 g/mol. The summed E-state index contributed by atoms with van der Waals surface area (Å²) in [5, 5.41) is 8.40. The topological polar surface area (TPSA) is 37.3 Å².